The molecule has 5 heteroatoms. The highest BCUT2D eigenvalue weighted by Gasteiger charge is 2.09. The number of nitro benzene ring substituents is 1. The van der Waals surface area contributed by atoms with Gasteiger partial charge in [0.15, 0.2) is 0 Å². The average molecular weight is 336 g/mol. The number of unbranched alkanes of at least 4 members (excludes halogenated alkanes) is 10. The summed E-state index contributed by atoms with van der Waals surface area (Å²) < 4.78 is 5.58. The van der Waals surface area contributed by atoms with Crippen LogP contribution in [-0.4, -0.2) is 11.5 Å². The minimum Gasteiger partial charge on any atom is -0.491 e. The molecule has 0 aliphatic heterocycles. The molecule has 0 unspecified atom stereocenters. The lowest BCUT2D eigenvalue weighted by Crippen LogP contribution is -2.01. The Morgan fingerprint density at radius 3 is 2.04 bits per heavy atom. The van der Waals surface area contributed by atoms with Gasteiger partial charge in [0.05, 0.1) is 23.3 Å². The molecule has 0 aliphatic rings. The van der Waals surface area contributed by atoms with E-state index in [1.807, 2.05) is 0 Å². The first-order valence-corrected chi connectivity index (χ1v) is 9.32. The van der Waals surface area contributed by atoms with E-state index in [0.717, 1.165) is 12.8 Å². The van der Waals surface area contributed by atoms with Gasteiger partial charge in [-0.3, -0.25) is 10.1 Å². The maximum absolute atomic E-state index is 10.7. The van der Waals surface area contributed by atoms with E-state index >= 15 is 0 Å². The third kappa shape index (κ3) is 8.75. The first kappa shape index (κ1) is 20.3. The number of nitro groups is 1. The van der Waals surface area contributed by atoms with Gasteiger partial charge in [-0.2, -0.15) is 0 Å². The van der Waals surface area contributed by atoms with Crippen molar-refractivity contribution in [1.29, 1.82) is 0 Å². The summed E-state index contributed by atoms with van der Waals surface area (Å²) in [7, 11) is 0. The molecule has 0 atom stereocenters. The second kappa shape index (κ2) is 12.6. The van der Waals surface area contributed by atoms with Crippen molar-refractivity contribution in [3.8, 4) is 5.75 Å². The van der Waals surface area contributed by atoms with Crippen LogP contribution in [0.2, 0.25) is 0 Å². The largest absolute Gasteiger partial charge is 0.491 e. The Morgan fingerprint density at radius 2 is 1.50 bits per heavy atom. The normalized spacial score (nSPS) is 10.7. The summed E-state index contributed by atoms with van der Waals surface area (Å²) in [6, 6.07) is 4.31. The van der Waals surface area contributed by atoms with E-state index in [-0.39, 0.29) is 5.69 Å². The summed E-state index contributed by atoms with van der Waals surface area (Å²) in [6.07, 6.45) is 14.1. The topological polar surface area (TPSA) is 78.4 Å². The predicted molar refractivity (Wildman–Crippen MR) is 99.5 cm³/mol. The summed E-state index contributed by atoms with van der Waals surface area (Å²) in [5.74, 6) is 0.413. The van der Waals surface area contributed by atoms with E-state index in [1.165, 1.54) is 76.0 Å². The maximum Gasteiger partial charge on any atom is 0.273 e. The molecule has 0 saturated heterocycles. The number of hydrogen-bond acceptors (Lipinski definition) is 4. The molecule has 1 rings (SSSR count). The van der Waals surface area contributed by atoms with Crippen molar-refractivity contribution in [1.82, 2.24) is 0 Å². The molecule has 0 spiro atoms. The van der Waals surface area contributed by atoms with Gasteiger partial charge in [-0.1, -0.05) is 71.1 Å². The highest BCUT2D eigenvalue weighted by Crippen LogP contribution is 2.26. The van der Waals surface area contributed by atoms with Crippen molar-refractivity contribution in [2.45, 2.75) is 77.6 Å². The van der Waals surface area contributed by atoms with Crippen molar-refractivity contribution in [2.24, 2.45) is 0 Å². The SMILES string of the molecule is CCCCCCCCCCCCCOc1cc([N+](=O)[O-])ccc1N. The summed E-state index contributed by atoms with van der Waals surface area (Å²) in [4.78, 5) is 10.3. The van der Waals surface area contributed by atoms with Crippen LogP contribution in [0.4, 0.5) is 11.4 Å². The molecular formula is C19H32N2O3. The Labute approximate surface area is 145 Å². The smallest absolute Gasteiger partial charge is 0.273 e. The lowest BCUT2D eigenvalue weighted by Gasteiger charge is -2.08. The molecule has 0 bridgehead atoms. The van der Waals surface area contributed by atoms with Crippen molar-refractivity contribution in [3.63, 3.8) is 0 Å². The minimum atomic E-state index is -0.436. The van der Waals surface area contributed by atoms with Gasteiger partial charge in [-0.05, 0) is 12.5 Å². The third-order valence-electron chi connectivity index (χ3n) is 4.21. The quantitative estimate of drug-likeness (QED) is 0.199. The molecule has 0 amide bonds. The van der Waals surface area contributed by atoms with Crippen molar-refractivity contribution in [2.75, 3.05) is 12.3 Å². The molecule has 24 heavy (non-hydrogen) atoms. The Bertz CT molecular complexity index is 478. The molecule has 0 fully saturated rings. The van der Waals surface area contributed by atoms with Crippen LogP contribution in [0.15, 0.2) is 18.2 Å². The Kier molecular flexibility index (Phi) is 10.7. The standard InChI is InChI=1S/C19H32N2O3/c1-2-3-4-5-6-7-8-9-10-11-12-15-24-19-16-17(21(22)23)13-14-18(19)20/h13-14,16H,2-12,15,20H2,1H3. The molecule has 0 radical (unpaired) electrons. The van der Waals surface area contributed by atoms with Gasteiger partial charge in [-0.15, -0.1) is 0 Å². The van der Waals surface area contributed by atoms with E-state index < -0.39 is 4.92 Å². The Morgan fingerprint density at radius 1 is 0.958 bits per heavy atom. The number of hydrogen-bond donors (Lipinski definition) is 1. The fourth-order valence-corrected chi connectivity index (χ4v) is 2.71. The Hall–Kier alpha value is -1.78. The van der Waals surface area contributed by atoms with Gasteiger partial charge < -0.3 is 10.5 Å². The van der Waals surface area contributed by atoms with Crippen LogP contribution >= 0.6 is 0 Å². The number of rotatable bonds is 14. The maximum atomic E-state index is 10.7. The molecule has 1 aromatic carbocycles. The number of benzene rings is 1. The van der Waals surface area contributed by atoms with Crippen molar-refractivity contribution < 1.29 is 9.66 Å². The van der Waals surface area contributed by atoms with Crippen LogP contribution in [0.3, 0.4) is 0 Å². The zero-order valence-electron chi connectivity index (χ0n) is 15.0. The fourth-order valence-electron chi connectivity index (χ4n) is 2.71. The molecule has 0 aromatic heterocycles. The number of ether oxygens (including phenoxy) is 1. The highest BCUT2D eigenvalue weighted by atomic mass is 16.6. The highest BCUT2D eigenvalue weighted by molar-refractivity contribution is 5.57. The molecule has 0 heterocycles. The lowest BCUT2D eigenvalue weighted by molar-refractivity contribution is -0.384. The number of nitrogen functional groups attached to an aromatic ring is 1. The number of non-ortho nitro benzene ring substituents is 1. The predicted octanol–water partition coefficient (Wildman–Crippen LogP) is 5.87. The lowest BCUT2D eigenvalue weighted by atomic mass is 10.1. The number of anilines is 1. The van der Waals surface area contributed by atoms with Crippen LogP contribution in [-0.2, 0) is 0 Å². The molecule has 2 N–H and O–H groups in total. The summed E-state index contributed by atoms with van der Waals surface area (Å²) in [5, 5.41) is 10.7. The van der Waals surface area contributed by atoms with Crippen LogP contribution in [0.5, 0.6) is 5.75 Å². The molecule has 0 aliphatic carbocycles. The summed E-state index contributed by atoms with van der Waals surface area (Å²) in [6.45, 7) is 2.81. The Balaban J connectivity index is 2.02. The van der Waals surface area contributed by atoms with Gasteiger partial charge in [0.1, 0.15) is 5.75 Å². The molecule has 1 aromatic rings. The van der Waals surface area contributed by atoms with E-state index in [1.54, 1.807) is 0 Å². The number of nitrogens with two attached hydrogens (primary N) is 1. The zero-order chi connectivity index (χ0) is 17.6. The molecule has 5 nitrogen and oxygen atoms in total. The van der Waals surface area contributed by atoms with Crippen LogP contribution in [0.25, 0.3) is 0 Å². The van der Waals surface area contributed by atoms with Crippen LogP contribution in [0, 0.1) is 10.1 Å². The van der Waals surface area contributed by atoms with Gasteiger partial charge in [-0.25, -0.2) is 0 Å². The van der Waals surface area contributed by atoms with Crippen LogP contribution in [0.1, 0.15) is 77.6 Å². The van der Waals surface area contributed by atoms with Gasteiger partial charge in [0, 0.05) is 6.07 Å². The molecular weight excluding hydrogens is 304 g/mol. The molecule has 0 saturated carbocycles. The second-order valence-corrected chi connectivity index (χ2v) is 6.36. The van der Waals surface area contributed by atoms with Gasteiger partial charge >= 0.3 is 0 Å². The zero-order valence-corrected chi connectivity index (χ0v) is 15.0. The summed E-state index contributed by atoms with van der Waals surface area (Å²) >= 11 is 0. The van der Waals surface area contributed by atoms with Crippen molar-refractivity contribution in [3.05, 3.63) is 28.3 Å². The first-order valence-electron chi connectivity index (χ1n) is 9.32. The minimum absolute atomic E-state index is 0.0122. The monoisotopic (exact) mass is 336 g/mol. The van der Waals surface area contributed by atoms with E-state index in [0.29, 0.717) is 18.0 Å². The van der Waals surface area contributed by atoms with Gasteiger partial charge in [0.2, 0.25) is 0 Å². The average Bonchev–Trinajstić information content (AvgIpc) is 2.57. The third-order valence-corrected chi connectivity index (χ3v) is 4.21. The van der Waals surface area contributed by atoms with E-state index in [4.69, 9.17) is 10.5 Å². The van der Waals surface area contributed by atoms with Crippen LogP contribution < -0.4 is 10.5 Å². The first-order chi connectivity index (χ1) is 11.6. The van der Waals surface area contributed by atoms with E-state index in [9.17, 15) is 10.1 Å². The van der Waals surface area contributed by atoms with Gasteiger partial charge in [0.25, 0.3) is 5.69 Å². The molecule has 136 valence electrons. The fraction of sp³-hybridized carbons (Fsp3) is 0.684. The second-order valence-electron chi connectivity index (χ2n) is 6.36. The number of nitrogens with zero attached hydrogens (tertiary/aromatic N) is 1. The van der Waals surface area contributed by atoms with E-state index in [2.05, 4.69) is 6.92 Å². The van der Waals surface area contributed by atoms with Crippen molar-refractivity contribution >= 4 is 11.4 Å². The summed E-state index contributed by atoms with van der Waals surface area (Å²) in [5.41, 5.74) is 6.24.